The summed E-state index contributed by atoms with van der Waals surface area (Å²) in [5.74, 6) is -1.35. The number of hydrogen-bond acceptors (Lipinski definition) is 7. The molecule has 0 bridgehead atoms. The number of oxazole rings is 1. The van der Waals surface area contributed by atoms with Crippen molar-refractivity contribution in [2.45, 2.75) is 45.7 Å². The number of aliphatic carboxylic acids is 1. The number of aromatic nitrogens is 4. The van der Waals surface area contributed by atoms with Gasteiger partial charge in [0.1, 0.15) is 6.04 Å². The molecule has 2 amide bonds. The van der Waals surface area contributed by atoms with Crippen LogP contribution in [0.1, 0.15) is 54.8 Å². The fraction of sp³-hybridized carbons (Fsp3) is 0.391. The van der Waals surface area contributed by atoms with E-state index in [2.05, 4.69) is 30.8 Å². The van der Waals surface area contributed by atoms with Gasteiger partial charge in [-0.15, -0.1) is 0 Å². The first-order valence-electron chi connectivity index (χ1n) is 11.1. The maximum Gasteiger partial charge on any atom is 0.326 e. The molecule has 3 aromatic rings. The molecule has 0 radical (unpaired) electrons. The van der Waals surface area contributed by atoms with Gasteiger partial charge in [-0.1, -0.05) is 26.0 Å². The number of H-pyrrole nitrogens is 1. The van der Waals surface area contributed by atoms with Crippen LogP contribution >= 0.6 is 0 Å². The molecule has 11 nitrogen and oxygen atoms in total. The predicted molar refractivity (Wildman–Crippen MR) is 121 cm³/mol. The Morgan fingerprint density at radius 1 is 1.12 bits per heavy atom. The summed E-state index contributed by atoms with van der Waals surface area (Å²) in [7, 11) is 0. The van der Waals surface area contributed by atoms with E-state index in [1.54, 1.807) is 38.1 Å². The molecule has 4 rings (SSSR count). The lowest BCUT2D eigenvalue weighted by Crippen LogP contribution is -2.44. The molecule has 1 aliphatic rings. The minimum Gasteiger partial charge on any atom is -0.480 e. The maximum atomic E-state index is 12.4. The second-order valence-corrected chi connectivity index (χ2v) is 8.75. The minimum atomic E-state index is -1.13. The quantitative estimate of drug-likeness (QED) is 0.374. The highest BCUT2D eigenvalue weighted by Gasteiger charge is 2.30. The van der Waals surface area contributed by atoms with Gasteiger partial charge in [0.2, 0.25) is 17.5 Å². The standard InChI is InChI=1S/C23H26N6O5/c1-11(2)17(23(32)33)26-21(31)19-27-18(28-29-19)14-5-4-6-15(9-14)22-24-10-16(34-22)20(30)25-12(3)13-7-8-13/h4-6,9-13,17H,7-8H2,1-3H3,(H,25,30)(H,26,31)(H,32,33)(H,27,28,29)/t12-,17-/m0/s1. The zero-order valence-corrected chi connectivity index (χ0v) is 19.0. The molecule has 0 saturated heterocycles. The first kappa shape index (κ1) is 23.1. The third-order valence-electron chi connectivity index (χ3n) is 5.70. The topological polar surface area (TPSA) is 163 Å². The predicted octanol–water partition coefficient (Wildman–Crippen LogP) is 2.49. The molecule has 4 N–H and O–H groups in total. The highest BCUT2D eigenvalue weighted by Crippen LogP contribution is 2.32. The van der Waals surface area contributed by atoms with Crippen LogP contribution in [-0.2, 0) is 4.79 Å². The average molecular weight is 466 g/mol. The number of carbonyl (C=O) groups is 3. The highest BCUT2D eigenvalue weighted by molar-refractivity contribution is 5.94. The van der Waals surface area contributed by atoms with Crippen LogP contribution in [0.25, 0.3) is 22.8 Å². The number of carboxylic acid groups (broad SMARTS) is 1. The van der Waals surface area contributed by atoms with Gasteiger partial charge in [0.15, 0.2) is 5.82 Å². The first-order chi connectivity index (χ1) is 16.2. The van der Waals surface area contributed by atoms with Gasteiger partial charge < -0.3 is 20.2 Å². The van der Waals surface area contributed by atoms with E-state index in [0.29, 0.717) is 17.0 Å². The zero-order valence-electron chi connectivity index (χ0n) is 19.0. The molecule has 1 aliphatic carbocycles. The fourth-order valence-electron chi connectivity index (χ4n) is 3.51. The number of amides is 2. The SMILES string of the molecule is CC(C)[C@H](NC(=O)c1nc(-c2cccc(-c3ncc(C(=O)N[C@@H](C)C4CC4)o3)c2)n[nH]1)C(=O)O. The number of aromatic amines is 1. The Kier molecular flexibility index (Phi) is 6.44. The maximum absolute atomic E-state index is 12.4. The molecule has 178 valence electrons. The molecule has 34 heavy (non-hydrogen) atoms. The van der Waals surface area contributed by atoms with Gasteiger partial charge in [-0.05, 0) is 43.7 Å². The van der Waals surface area contributed by atoms with E-state index in [-0.39, 0.29) is 41.2 Å². The molecule has 2 aromatic heterocycles. The van der Waals surface area contributed by atoms with Gasteiger partial charge in [-0.25, -0.2) is 14.8 Å². The summed E-state index contributed by atoms with van der Waals surface area (Å²) < 4.78 is 5.66. The molecule has 0 spiro atoms. The van der Waals surface area contributed by atoms with Crippen LogP contribution in [0.5, 0.6) is 0 Å². The third kappa shape index (κ3) is 5.13. The summed E-state index contributed by atoms with van der Waals surface area (Å²) in [6.07, 6.45) is 3.64. The number of nitrogens with zero attached hydrogens (tertiary/aromatic N) is 3. The Bertz CT molecular complexity index is 1210. The molecule has 2 atom stereocenters. The second-order valence-electron chi connectivity index (χ2n) is 8.75. The Morgan fingerprint density at radius 3 is 2.53 bits per heavy atom. The van der Waals surface area contributed by atoms with Crippen molar-refractivity contribution in [3.8, 4) is 22.8 Å². The van der Waals surface area contributed by atoms with Crippen molar-refractivity contribution >= 4 is 17.8 Å². The van der Waals surface area contributed by atoms with Crippen molar-refractivity contribution in [1.29, 1.82) is 0 Å². The zero-order chi connectivity index (χ0) is 24.4. The number of nitrogens with one attached hydrogen (secondary N) is 3. The Labute approximate surface area is 195 Å². The van der Waals surface area contributed by atoms with Crippen LogP contribution < -0.4 is 10.6 Å². The Morgan fingerprint density at radius 2 is 1.85 bits per heavy atom. The molecular weight excluding hydrogens is 440 g/mol. The van der Waals surface area contributed by atoms with E-state index in [1.165, 1.54) is 6.20 Å². The average Bonchev–Trinajstić information content (AvgIpc) is 3.33. The molecule has 2 heterocycles. The van der Waals surface area contributed by atoms with Crippen LogP contribution in [0.2, 0.25) is 0 Å². The Balaban J connectivity index is 1.48. The minimum absolute atomic E-state index is 0.0906. The molecule has 11 heteroatoms. The van der Waals surface area contributed by atoms with E-state index in [9.17, 15) is 19.5 Å². The number of carbonyl (C=O) groups excluding carboxylic acids is 2. The molecule has 1 saturated carbocycles. The number of benzene rings is 1. The molecule has 1 aromatic carbocycles. The summed E-state index contributed by atoms with van der Waals surface area (Å²) in [6.45, 7) is 5.37. The van der Waals surface area contributed by atoms with Crippen LogP contribution in [-0.4, -0.2) is 55.1 Å². The van der Waals surface area contributed by atoms with Gasteiger partial charge in [-0.2, -0.15) is 5.10 Å². The van der Waals surface area contributed by atoms with E-state index in [4.69, 9.17) is 4.42 Å². The molecule has 0 aliphatic heterocycles. The van der Waals surface area contributed by atoms with Crippen molar-refractivity contribution in [3.05, 3.63) is 42.0 Å². The van der Waals surface area contributed by atoms with Crippen molar-refractivity contribution in [2.24, 2.45) is 11.8 Å². The van der Waals surface area contributed by atoms with Crippen LogP contribution in [0.3, 0.4) is 0 Å². The number of carboxylic acids is 1. The van der Waals surface area contributed by atoms with E-state index in [0.717, 1.165) is 12.8 Å². The van der Waals surface area contributed by atoms with E-state index < -0.39 is 17.9 Å². The first-order valence-corrected chi connectivity index (χ1v) is 11.1. The second kappa shape index (κ2) is 9.46. The fourth-order valence-corrected chi connectivity index (χ4v) is 3.51. The van der Waals surface area contributed by atoms with Crippen molar-refractivity contribution in [1.82, 2.24) is 30.8 Å². The normalized spacial score (nSPS) is 15.1. The van der Waals surface area contributed by atoms with E-state index >= 15 is 0 Å². The largest absolute Gasteiger partial charge is 0.480 e. The van der Waals surface area contributed by atoms with Gasteiger partial charge in [0, 0.05) is 17.2 Å². The molecule has 1 fully saturated rings. The van der Waals surface area contributed by atoms with Gasteiger partial charge in [0.05, 0.1) is 6.20 Å². The van der Waals surface area contributed by atoms with Crippen LogP contribution in [0.15, 0.2) is 34.9 Å². The van der Waals surface area contributed by atoms with Crippen molar-refractivity contribution in [3.63, 3.8) is 0 Å². The lowest BCUT2D eigenvalue weighted by molar-refractivity contribution is -0.140. The number of rotatable bonds is 9. The van der Waals surface area contributed by atoms with Crippen molar-refractivity contribution in [2.75, 3.05) is 0 Å². The monoisotopic (exact) mass is 466 g/mol. The lowest BCUT2D eigenvalue weighted by atomic mass is 10.0. The van der Waals surface area contributed by atoms with Crippen LogP contribution in [0.4, 0.5) is 0 Å². The smallest absolute Gasteiger partial charge is 0.326 e. The highest BCUT2D eigenvalue weighted by atomic mass is 16.4. The van der Waals surface area contributed by atoms with E-state index in [1.807, 2.05) is 6.92 Å². The van der Waals surface area contributed by atoms with Gasteiger partial charge in [0.25, 0.3) is 11.8 Å². The Hall–Kier alpha value is -4.02. The summed E-state index contributed by atoms with van der Waals surface area (Å²) in [4.78, 5) is 44.6. The number of hydrogen-bond donors (Lipinski definition) is 4. The van der Waals surface area contributed by atoms with Gasteiger partial charge in [-0.3, -0.25) is 14.7 Å². The summed E-state index contributed by atoms with van der Waals surface area (Å²) in [5.41, 5.74) is 1.19. The molecular formula is C23H26N6O5. The summed E-state index contributed by atoms with van der Waals surface area (Å²) >= 11 is 0. The van der Waals surface area contributed by atoms with Gasteiger partial charge >= 0.3 is 5.97 Å². The third-order valence-corrected chi connectivity index (χ3v) is 5.70. The van der Waals surface area contributed by atoms with Crippen LogP contribution in [0, 0.1) is 11.8 Å². The lowest BCUT2D eigenvalue weighted by Gasteiger charge is -2.16. The van der Waals surface area contributed by atoms with Crippen molar-refractivity contribution < 1.29 is 23.9 Å². The summed E-state index contributed by atoms with van der Waals surface area (Å²) in [5, 5.41) is 21.2. The molecule has 0 unspecified atom stereocenters. The summed E-state index contributed by atoms with van der Waals surface area (Å²) in [6, 6.07) is 6.03.